The first-order valence-corrected chi connectivity index (χ1v) is 8.74. The van der Waals surface area contributed by atoms with Crippen molar-refractivity contribution >= 4 is 10.0 Å². The number of nitrogens with zero attached hydrogens (tertiary/aromatic N) is 2. The molecule has 0 saturated heterocycles. The Hall–Kier alpha value is -0.950. The van der Waals surface area contributed by atoms with Gasteiger partial charge in [0.15, 0.2) is 0 Å². The summed E-state index contributed by atoms with van der Waals surface area (Å²) in [6.07, 6.45) is 0.810. The van der Waals surface area contributed by atoms with Crippen LogP contribution in [0, 0.1) is 0 Å². The van der Waals surface area contributed by atoms with Crippen LogP contribution in [-0.4, -0.2) is 58.4 Å². The van der Waals surface area contributed by atoms with Crippen LogP contribution in [0.15, 0.2) is 29.2 Å². The third kappa shape index (κ3) is 5.39. The van der Waals surface area contributed by atoms with Crippen molar-refractivity contribution in [1.82, 2.24) is 14.5 Å². The smallest absolute Gasteiger partial charge is 0.243 e. The summed E-state index contributed by atoms with van der Waals surface area (Å²) in [6.45, 7) is 4.51. The topological polar surface area (TPSA) is 52.7 Å². The fourth-order valence-corrected chi connectivity index (χ4v) is 3.57. The molecule has 0 bridgehead atoms. The van der Waals surface area contributed by atoms with Crippen molar-refractivity contribution in [2.24, 2.45) is 0 Å². The summed E-state index contributed by atoms with van der Waals surface area (Å²) in [6, 6.07) is 7.11. The quantitative estimate of drug-likeness (QED) is 0.748. The lowest BCUT2D eigenvalue weighted by Gasteiger charge is -2.23. The highest BCUT2D eigenvalue weighted by molar-refractivity contribution is 7.89. The molecule has 0 aliphatic carbocycles. The van der Waals surface area contributed by atoms with Gasteiger partial charge < -0.3 is 10.2 Å². The van der Waals surface area contributed by atoms with Gasteiger partial charge in [-0.3, -0.25) is 0 Å². The van der Waals surface area contributed by atoms with Gasteiger partial charge in [-0.2, -0.15) is 4.31 Å². The Morgan fingerprint density at radius 3 is 2.14 bits per heavy atom. The van der Waals surface area contributed by atoms with E-state index in [-0.39, 0.29) is 0 Å². The molecule has 1 N–H and O–H groups in total. The van der Waals surface area contributed by atoms with Crippen molar-refractivity contribution in [3.8, 4) is 0 Å². The van der Waals surface area contributed by atoms with E-state index < -0.39 is 10.0 Å². The Morgan fingerprint density at radius 1 is 1.05 bits per heavy atom. The molecule has 0 aliphatic heterocycles. The van der Waals surface area contributed by atoms with Crippen molar-refractivity contribution in [3.63, 3.8) is 0 Å². The molecule has 5 nitrogen and oxygen atoms in total. The van der Waals surface area contributed by atoms with Crippen molar-refractivity contribution < 1.29 is 8.42 Å². The molecule has 0 fully saturated rings. The fourth-order valence-electron chi connectivity index (χ4n) is 2.05. The minimum Gasteiger partial charge on any atom is -0.316 e. The molecule has 21 heavy (non-hydrogen) atoms. The normalized spacial score (nSPS) is 12.3. The van der Waals surface area contributed by atoms with E-state index in [1.54, 1.807) is 16.4 Å². The number of likely N-dealkylation sites (N-methyl/N-ethyl adjacent to an activating group) is 1. The third-order valence-electron chi connectivity index (χ3n) is 3.21. The maximum atomic E-state index is 12.7. The highest BCUT2D eigenvalue weighted by Crippen LogP contribution is 2.17. The highest BCUT2D eigenvalue weighted by atomic mass is 32.2. The molecule has 6 heteroatoms. The van der Waals surface area contributed by atoms with Gasteiger partial charge in [0.2, 0.25) is 10.0 Å². The molecule has 1 aromatic rings. The zero-order valence-corrected chi connectivity index (χ0v) is 14.3. The number of rotatable bonds is 9. The lowest BCUT2D eigenvalue weighted by Crippen LogP contribution is -2.37. The molecule has 0 amide bonds. The van der Waals surface area contributed by atoms with Crippen LogP contribution in [0.4, 0.5) is 0 Å². The van der Waals surface area contributed by atoms with Crippen LogP contribution >= 0.6 is 0 Å². The summed E-state index contributed by atoms with van der Waals surface area (Å²) in [5, 5.41) is 3.05. The molecular formula is C15H27N3O2S. The van der Waals surface area contributed by atoms with Crippen LogP contribution < -0.4 is 5.32 Å². The second-order valence-electron chi connectivity index (χ2n) is 5.38. The van der Waals surface area contributed by atoms with Crippen LogP contribution in [0.1, 0.15) is 18.9 Å². The standard InChI is InChI=1S/C15H27N3O2S/c1-5-10-18(12-11-17(3)4)21(19,20)15-8-6-14(7-9-15)13-16-2/h6-9,16H,5,10-13H2,1-4H3. The third-order valence-corrected chi connectivity index (χ3v) is 5.12. The molecule has 0 heterocycles. The summed E-state index contributed by atoms with van der Waals surface area (Å²) in [5.74, 6) is 0. The van der Waals surface area contributed by atoms with Gasteiger partial charge in [0, 0.05) is 26.2 Å². The predicted octanol–water partition coefficient (Wildman–Crippen LogP) is 1.37. The maximum Gasteiger partial charge on any atom is 0.243 e. The van der Waals surface area contributed by atoms with E-state index in [4.69, 9.17) is 0 Å². The van der Waals surface area contributed by atoms with Crippen molar-refractivity contribution in [3.05, 3.63) is 29.8 Å². The van der Waals surface area contributed by atoms with E-state index in [1.165, 1.54) is 0 Å². The summed E-state index contributed by atoms with van der Waals surface area (Å²) < 4.78 is 27.0. The van der Waals surface area contributed by atoms with Gasteiger partial charge in [-0.15, -0.1) is 0 Å². The lowest BCUT2D eigenvalue weighted by atomic mass is 10.2. The predicted molar refractivity (Wildman–Crippen MR) is 86.8 cm³/mol. The molecule has 0 aliphatic rings. The van der Waals surface area contributed by atoms with Crippen LogP contribution in [0.25, 0.3) is 0 Å². The van der Waals surface area contributed by atoms with Gasteiger partial charge >= 0.3 is 0 Å². The maximum absolute atomic E-state index is 12.7. The second kappa shape index (κ2) is 8.48. The van der Waals surface area contributed by atoms with E-state index >= 15 is 0 Å². The van der Waals surface area contributed by atoms with Crippen LogP contribution in [0.5, 0.6) is 0 Å². The molecule has 1 aromatic carbocycles. The molecule has 0 saturated carbocycles. The van der Waals surface area contributed by atoms with Gasteiger partial charge in [0.05, 0.1) is 4.90 Å². The minimum absolute atomic E-state index is 0.370. The average molecular weight is 313 g/mol. The van der Waals surface area contributed by atoms with E-state index in [1.807, 2.05) is 45.1 Å². The van der Waals surface area contributed by atoms with Gasteiger partial charge in [-0.1, -0.05) is 19.1 Å². The monoisotopic (exact) mass is 313 g/mol. The lowest BCUT2D eigenvalue weighted by molar-refractivity contribution is 0.333. The van der Waals surface area contributed by atoms with Gasteiger partial charge in [-0.05, 0) is 45.3 Å². The number of sulfonamides is 1. The van der Waals surface area contributed by atoms with Gasteiger partial charge in [0.1, 0.15) is 0 Å². The van der Waals surface area contributed by atoms with Gasteiger partial charge in [0.25, 0.3) is 0 Å². The molecule has 0 aromatic heterocycles. The first-order valence-electron chi connectivity index (χ1n) is 7.30. The molecule has 1 rings (SSSR count). The Bertz CT molecular complexity index is 512. The number of hydrogen-bond donors (Lipinski definition) is 1. The van der Waals surface area contributed by atoms with Crippen molar-refractivity contribution in [1.29, 1.82) is 0 Å². The first kappa shape index (κ1) is 18.1. The van der Waals surface area contributed by atoms with E-state index in [0.717, 1.165) is 25.1 Å². The summed E-state index contributed by atoms with van der Waals surface area (Å²) in [7, 11) is 2.36. The van der Waals surface area contributed by atoms with Crippen LogP contribution in [0.3, 0.4) is 0 Å². The number of benzene rings is 1. The molecule has 0 radical (unpaired) electrons. The average Bonchev–Trinajstić information content (AvgIpc) is 2.44. The van der Waals surface area contributed by atoms with Gasteiger partial charge in [-0.25, -0.2) is 8.42 Å². The summed E-state index contributed by atoms with van der Waals surface area (Å²) >= 11 is 0. The van der Waals surface area contributed by atoms with Crippen LogP contribution in [0.2, 0.25) is 0 Å². The number of hydrogen-bond acceptors (Lipinski definition) is 4. The minimum atomic E-state index is -3.40. The molecule has 120 valence electrons. The Morgan fingerprint density at radius 2 is 1.67 bits per heavy atom. The zero-order chi connectivity index (χ0) is 15.9. The highest BCUT2D eigenvalue weighted by Gasteiger charge is 2.23. The van der Waals surface area contributed by atoms with Crippen molar-refractivity contribution in [2.45, 2.75) is 24.8 Å². The molecular weight excluding hydrogens is 286 g/mol. The fraction of sp³-hybridized carbons (Fsp3) is 0.600. The van der Waals surface area contributed by atoms with E-state index in [0.29, 0.717) is 18.0 Å². The van der Waals surface area contributed by atoms with Crippen LogP contribution in [-0.2, 0) is 16.6 Å². The summed E-state index contributed by atoms with van der Waals surface area (Å²) in [4.78, 5) is 2.36. The Kier molecular flexibility index (Phi) is 7.31. The summed E-state index contributed by atoms with van der Waals surface area (Å²) in [5.41, 5.74) is 1.08. The largest absolute Gasteiger partial charge is 0.316 e. The first-order chi connectivity index (χ1) is 9.91. The molecule has 0 unspecified atom stereocenters. The van der Waals surface area contributed by atoms with E-state index in [2.05, 4.69) is 5.32 Å². The van der Waals surface area contributed by atoms with E-state index in [9.17, 15) is 8.42 Å². The number of nitrogens with one attached hydrogen (secondary N) is 1. The Labute approximate surface area is 129 Å². The zero-order valence-electron chi connectivity index (χ0n) is 13.5. The van der Waals surface area contributed by atoms with Crippen molar-refractivity contribution in [2.75, 3.05) is 40.8 Å². The molecule has 0 spiro atoms. The molecule has 0 atom stereocenters. The Balaban J connectivity index is 2.93. The SMILES string of the molecule is CCCN(CCN(C)C)S(=O)(=O)c1ccc(CNC)cc1. The second-order valence-corrected chi connectivity index (χ2v) is 7.32.